The Hall–Kier alpha value is -2.33. The van der Waals surface area contributed by atoms with Crippen molar-refractivity contribution in [2.75, 3.05) is 13.7 Å². The van der Waals surface area contributed by atoms with Crippen LogP contribution in [0.4, 0.5) is 0 Å². The molecule has 0 saturated heterocycles. The van der Waals surface area contributed by atoms with Gasteiger partial charge in [-0.1, -0.05) is 42.5 Å². The van der Waals surface area contributed by atoms with Gasteiger partial charge in [0.25, 0.3) is 0 Å². The molecule has 0 spiro atoms. The summed E-state index contributed by atoms with van der Waals surface area (Å²) >= 11 is 0. The molecule has 0 aromatic heterocycles. The summed E-state index contributed by atoms with van der Waals surface area (Å²) < 4.78 is 5.08. The fraction of sp³-hybridized carbons (Fsp3) is 0.235. The molecule has 2 aromatic carbocycles. The maximum Gasteiger partial charge on any atom is 0.325 e. The molecular weight excluding hydrogens is 266 g/mol. The first kappa shape index (κ1) is 15.1. The van der Waals surface area contributed by atoms with E-state index in [0.717, 1.165) is 12.0 Å². The first-order chi connectivity index (χ1) is 10.2. The highest BCUT2D eigenvalue weighted by atomic mass is 16.5. The largest absolute Gasteiger partial charge is 0.497 e. The average molecular weight is 285 g/mol. The zero-order valence-electron chi connectivity index (χ0n) is 12.0. The van der Waals surface area contributed by atoms with Gasteiger partial charge < -0.3 is 15.2 Å². The normalized spacial score (nSPS) is 11.9. The predicted molar refractivity (Wildman–Crippen MR) is 81.5 cm³/mol. The zero-order valence-corrected chi connectivity index (χ0v) is 12.0. The van der Waals surface area contributed by atoms with Crippen molar-refractivity contribution in [3.05, 3.63) is 65.7 Å². The van der Waals surface area contributed by atoms with Gasteiger partial charge in [0.2, 0.25) is 0 Å². The Kier molecular flexibility index (Phi) is 5.35. The summed E-state index contributed by atoms with van der Waals surface area (Å²) in [6.45, 7) is 0.604. The molecule has 0 aliphatic heterocycles. The summed E-state index contributed by atoms with van der Waals surface area (Å²) in [6, 6.07) is 16.4. The maximum atomic E-state index is 11.4. The fourth-order valence-corrected chi connectivity index (χ4v) is 2.15. The molecule has 4 nitrogen and oxygen atoms in total. The number of benzene rings is 2. The van der Waals surface area contributed by atoms with Crippen molar-refractivity contribution in [1.82, 2.24) is 5.32 Å². The van der Waals surface area contributed by atoms with Gasteiger partial charge in [0.05, 0.1) is 7.11 Å². The van der Waals surface area contributed by atoms with Gasteiger partial charge >= 0.3 is 5.97 Å². The first-order valence-corrected chi connectivity index (χ1v) is 6.85. The number of methoxy groups -OCH3 is 1. The van der Waals surface area contributed by atoms with E-state index in [-0.39, 0.29) is 0 Å². The van der Waals surface area contributed by atoms with Gasteiger partial charge in [-0.05, 0) is 29.7 Å². The van der Waals surface area contributed by atoms with E-state index in [4.69, 9.17) is 4.74 Å². The topological polar surface area (TPSA) is 58.6 Å². The number of hydrogen-bond acceptors (Lipinski definition) is 3. The summed E-state index contributed by atoms with van der Waals surface area (Å²) in [5.74, 6) is -0.166. The van der Waals surface area contributed by atoms with Crippen molar-refractivity contribution in [2.24, 2.45) is 0 Å². The van der Waals surface area contributed by atoms with E-state index < -0.39 is 12.0 Å². The smallest absolute Gasteiger partial charge is 0.325 e. The van der Waals surface area contributed by atoms with Crippen LogP contribution in [0, 0.1) is 0 Å². The number of nitrogens with one attached hydrogen (secondary N) is 1. The summed E-state index contributed by atoms with van der Waals surface area (Å²) in [5, 5.41) is 12.4. The summed E-state index contributed by atoms with van der Waals surface area (Å²) in [4.78, 5) is 11.4. The Morgan fingerprint density at radius 2 is 1.81 bits per heavy atom. The molecule has 0 fully saturated rings. The second-order valence-electron chi connectivity index (χ2n) is 4.73. The molecule has 1 atom stereocenters. The molecule has 2 rings (SSSR count). The summed E-state index contributed by atoms with van der Waals surface area (Å²) in [7, 11) is 1.59. The second-order valence-corrected chi connectivity index (χ2v) is 4.73. The molecule has 0 saturated carbocycles. The van der Waals surface area contributed by atoms with Gasteiger partial charge in [-0.15, -0.1) is 0 Å². The minimum Gasteiger partial charge on any atom is -0.497 e. The highest BCUT2D eigenvalue weighted by molar-refractivity contribution is 5.75. The van der Waals surface area contributed by atoms with E-state index in [9.17, 15) is 9.90 Å². The highest BCUT2D eigenvalue weighted by Crippen LogP contribution is 2.18. The maximum absolute atomic E-state index is 11.4. The van der Waals surface area contributed by atoms with Crippen LogP contribution < -0.4 is 10.1 Å². The molecule has 0 radical (unpaired) electrons. The number of rotatable bonds is 7. The van der Waals surface area contributed by atoms with Gasteiger partial charge in [0, 0.05) is 6.54 Å². The summed E-state index contributed by atoms with van der Waals surface area (Å²) in [5.41, 5.74) is 1.90. The Balaban J connectivity index is 1.97. The van der Waals surface area contributed by atoms with E-state index in [2.05, 4.69) is 5.32 Å². The van der Waals surface area contributed by atoms with Crippen LogP contribution in [0.1, 0.15) is 17.2 Å². The molecule has 2 aromatic rings. The quantitative estimate of drug-likeness (QED) is 0.821. The lowest BCUT2D eigenvalue weighted by Gasteiger charge is -2.15. The number of carboxylic acids is 1. The molecular formula is C17H19NO3. The molecule has 1 unspecified atom stereocenters. The van der Waals surface area contributed by atoms with E-state index in [1.54, 1.807) is 31.4 Å². The third-order valence-electron chi connectivity index (χ3n) is 3.30. The zero-order chi connectivity index (χ0) is 15.1. The number of carbonyl (C=O) groups is 1. The van der Waals surface area contributed by atoms with Crippen molar-refractivity contribution in [1.29, 1.82) is 0 Å². The third-order valence-corrected chi connectivity index (χ3v) is 3.30. The van der Waals surface area contributed by atoms with Gasteiger partial charge in [-0.3, -0.25) is 4.79 Å². The standard InChI is InChI=1S/C17H19NO3/c1-21-15-9-7-14(8-10-15)16(17(19)20)18-12-11-13-5-3-2-4-6-13/h2-10,16,18H,11-12H2,1H3,(H,19,20). The minimum absolute atomic E-state index is 0.604. The number of carboxylic acid groups (broad SMARTS) is 1. The molecule has 0 aliphatic carbocycles. The lowest BCUT2D eigenvalue weighted by atomic mass is 10.1. The van der Waals surface area contributed by atoms with Gasteiger partial charge in [0.1, 0.15) is 11.8 Å². The molecule has 0 heterocycles. The Bertz CT molecular complexity index is 566. The van der Waals surface area contributed by atoms with Crippen LogP contribution in [0.3, 0.4) is 0 Å². The number of ether oxygens (including phenoxy) is 1. The number of hydrogen-bond donors (Lipinski definition) is 2. The van der Waals surface area contributed by atoms with Crippen molar-refractivity contribution in [3.8, 4) is 5.75 Å². The van der Waals surface area contributed by atoms with Crippen molar-refractivity contribution in [2.45, 2.75) is 12.5 Å². The van der Waals surface area contributed by atoms with Gasteiger partial charge in [0.15, 0.2) is 0 Å². The van der Waals surface area contributed by atoms with E-state index in [1.165, 1.54) is 5.56 Å². The van der Waals surface area contributed by atoms with Crippen LogP contribution >= 0.6 is 0 Å². The Morgan fingerprint density at radius 3 is 2.38 bits per heavy atom. The lowest BCUT2D eigenvalue weighted by molar-refractivity contribution is -0.139. The highest BCUT2D eigenvalue weighted by Gasteiger charge is 2.18. The Morgan fingerprint density at radius 1 is 1.14 bits per heavy atom. The van der Waals surface area contributed by atoms with Crippen LogP contribution in [0.25, 0.3) is 0 Å². The van der Waals surface area contributed by atoms with Gasteiger partial charge in [-0.2, -0.15) is 0 Å². The molecule has 110 valence electrons. The van der Waals surface area contributed by atoms with Crippen molar-refractivity contribution < 1.29 is 14.6 Å². The average Bonchev–Trinajstić information content (AvgIpc) is 2.52. The molecule has 2 N–H and O–H groups in total. The van der Waals surface area contributed by atoms with E-state index in [1.807, 2.05) is 30.3 Å². The lowest BCUT2D eigenvalue weighted by Crippen LogP contribution is -2.30. The minimum atomic E-state index is -0.881. The SMILES string of the molecule is COc1ccc(C(NCCc2ccccc2)C(=O)O)cc1. The molecule has 4 heteroatoms. The first-order valence-electron chi connectivity index (χ1n) is 6.85. The predicted octanol–water partition coefficient (Wildman–Crippen LogP) is 2.65. The third kappa shape index (κ3) is 4.33. The van der Waals surface area contributed by atoms with Crippen LogP contribution in [0.5, 0.6) is 5.75 Å². The molecule has 0 amide bonds. The van der Waals surface area contributed by atoms with Crippen LogP contribution in [0.15, 0.2) is 54.6 Å². The molecule has 0 bridgehead atoms. The molecule has 21 heavy (non-hydrogen) atoms. The monoisotopic (exact) mass is 285 g/mol. The number of aliphatic carboxylic acids is 1. The molecule has 0 aliphatic rings. The van der Waals surface area contributed by atoms with E-state index in [0.29, 0.717) is 12.3 Å². The van der Waals surface area contributed by atoms with Crippen LogP contribution in [-0.4, -0.2) is 24.7 Å². The van der Waals surface area contributed by atoms with Crippen LogP contribution in [-0.2, 0) is 11.2 Å². The van der Waals surface area contributed by atoms with Gasteiger partial charge in [-0.25, -0.2) is 0 Å². The fourth-order valence-electron chi connectivity index (χ4n) is 2.15. The van der Waals surface area contributed by atoms with Crippen LogP contribution in [0.2, 0.25) is 0 Å². The van der Waals surface area contributed by atoms with Crippen molar-refractivity contribution in [3.63, 3.8) is 0 Å². The second kappa shape index (κ2) is 7.45. The Labute approximate surface area is 124 Å². The van der Waals surface area contributed by atoms with E-state index >= 15 is 0 Å². The van der Waals surface area contributed by atoms with Crippen molar-refractivity contribution >= 4 is 5.97 Å². The summed E-state index contributed by atoms with van der Waals surface area (Å²) in [6.07, 6.45) is 0.792.